The lowest BCUT2D eigenvalue weighted by Gasteiger charge is -2.11. The first-order valence-electron chi connectivity index (χ1n) is 7.29. The number of para-hydroxylation sites is 1. The monoisotopic (exact) mass is 326 g/mol. The van der Waals surface area contributed by atoms with Gasteiger partial charge in [0.15, 0.2) is 0 Å². The minimum atomic E-state index is -0.869. The van der Waals surface area contributed by atoms with Crippen molar-refractivity contribution < 1.29 is 19.1 Å². The van der Waals surface area contributed by atoms with E-state index in [-0.39, 0.29) is 11.3 Å². The highest BCUT2D eigenvalue weighted by atomic mass is 16.5. The quantitative estimate of drug-likeness (QED) is 0.671. The van der Waals surface area contributed by atoms with Crippen molar-refractivity contribution >= 4 is 29.2 Å². The number of nitrogens with one attached hydrogen (secondary N) is 2. The molecule has 2 N–H and O–H groups in total. The fourth-order valence-corrected chi connectivity index (χ4v) is 2.19. The molecule has 0 aliphatic carbocycles. The van der Waals surface area contributed by atoms with Crippen molar-refractivity contribution in [3.8, 4) is 0 Å². The smallest absolute Gasteiger partial charge is 0.339 e. The number of carbonyl (C=O) groups excluding carboxylic acids is 3. The minimum Gasteiger partial charge on any atom is -0.465 e. The Morgan fingerprint density at radius 3 is 2.12 bits per heavy atom. The van der Waals surface area contributed by atoms with Crippen LogP contribution in [0.25, 0.3) is 0 Å². The lowest BCUT2D eigenvalue weighted by atomic mass is 10.1. The summed E-state index contributed by atoms with van der Waals surface area (Å²) in [6.45, 7) is 3.78. The third-order valence-electron chi connectivity index (χ3n) is 3.42. The molecule has 6 nitrogen and oxygen atoms in total. The van der Waals surface area contributed by atoms with Crippen molar-refractivity contribution in [2.45, 2.75) is 13.8 Å². The third-order valence-corrected chi connectivity index (χ3v) is 3.42. The van der Waals surface area contributed by atoms with Crippen LogP contribution in [0.4, 0.5) is 11.4 Å². The molecule has 24 heavy (non-hydrogen) atoms. The molecule has 0 spiro atoms. The summed E-state index contributed by atoms with van der Waals surface area (Å²) in [4.78, 5) is 35.8. The first-order chi connectivity index (χ1) is 11.4. The molecule has 0 bridgehead atoms. The number of esters is 1. The normalized spacial score (nSPS) is 9.96. The largest absolute Gasteiger partial charge is 0.465 e. The summed E-state index contributed by atoms with van der Waals surface area (Å²) >= 11 is 0. The number of benzene rings is 2. The van der Waals surface area contributed by atoms with Crippen LogP contribution in [-0.4, -0.2) is 24.9 Å². The lowest BCUT2D eigenvalue weighted by molar-refractivity contribution is -0.133. The van der Waals surface area contributed by atoms with Crippen molar-refractivity contribution in [1.29, 1.82) is 0 Å². The summed E-state index contributed by atoms with van der Waals surface area (Å²) in [7, 11) is 1.24. The highest BCUT2D eigenvalue weighted by Crippen LogP contribution is 2.18. The molecule has 0 atom stereocenters. The van der Waals surface area contributed by atoms with Crippen molar-refractivity contribution in [2.75, 3.05) is 17.7 Å². The van der Waals surface area contributed by atoms with Crippen LogP contribution in [0.3, 0.4) is 0 Å². The highest BCUT2D eigenvalue weighted by Gasteiger charge is 2.18. The summed E-state index contributed by atoms with van der Waals surface area (Å²) in [5.74, 6) is -2.28. The molecule has 0 radical (unpaired) electrons. The van der Waals surface area contributed by atoms with Gasteiger partial charge in [0.25, 0.3) is 0 Å². The molecule has 0 unspecified atom stereocenters. The molecule has 0 aliphatic rings. The van der Waals surface area contributed by atoms with Crippen LogP contribution < -0.4 is 10.6 Å². The standard InChI is InChI=1S/C18H18N2O4/c1-11-8-9-14(12(2)10-11)19-16(21)17(22)20-15-7-5-4-6-13(15)18(23)24-3/h4-10H,1-3H3,(H,19,21)(H,20,22). The van der Waals surface area contributed by atoms with Crippen molar-refractivity contribution in [3.63, 3.8) is 0 Å². The van der Waals surface area contributed by atoms with E-state index in [9.17, 15) is 14.4 Å². The summed E-state index contributed by atoms with van der Waals surface area (Å²) in [6, 6.07) is 11.8. The van der Waals surface area contributed by atoms with E-state index in [0.717, 1.165) is 11.1 Å². The van der Waals surface area contributed by atoms with Gasteiger partial charge in [-0.25, -0.2) is 4.79 Å². The number of methoxy groups -OCH3 is 1. The Bertz CT molecular complexity index is 799. The number of rotatable bonds is 3. The van der Waals surface area contributed by atoms with E-state index in [1.807, 2.05) is 26.0 Å². The van der Waals surface area contributed by atoms with Gasteiger partial charge in [0.2, 0.25) is 0 Å². The molecule has 0 fully saturated rings. The van der Waals surface area contributed by atoms with Gasteiger partial charge in [-0.2, -0.15) is 0 Å². The SMILES string of the molecule is COC(=O)c1ccccc1NC(=O)C(=O)Nc1ccc(C)cc1C. The predicted octanol–water partition coefficient (Wildman–Crippen LogP) is 2.67. The van der Waals surface area contributed by atoms with Gasteiger partial charge in [-0.1, -0.05) is 29.8 Å². The van der Waals surface area contributed by atoms with Crippen LogP contribution in [0.2, 0.25) is 0 Å². The van der Waals surface area contributed by atoms with Crippen molar-refractivity contribution in [3.05, 3.63) is 59.2 Å². The van der Waals surface area contributed by atoms with Crippen LogP contribution in [0.5, 0.6) is 0 Å². The summed E-state index contributed by atoms with van der Waals surface area (Å²) in [5.41, 5.74) is 2.85. The highest BCUT2D eigenvalue weighted by molar-refractivity contribution is 6.44. The molecule has 2 aromatic carbocycles. The Kier molecular flexibility index (Phi) is 5.31. The predicted molar refractivity (Wildman–Crippen MR) is 91.0 cm³/mol. The molecular weight excluding hydrogens is 308 g/mol. The van der Waals surface area contributed by atoms with Crippen LogP contribution in [-0.2, 0) is 14.3 Å². The maximum atomic E-state index is 12.1. The molecule has 124 valence electrons. The van der Waals surface area contributed by atoms with Crippen LogP contribution in [0.15, 0.2) is 42.5 Å². The van der Waals surface area contributed by atoms with E-state index in [0.29, 0.717) is 5.69 Å². The average Bonchev–Trinajstić information content (AvgIpc) is 2.57. The number of hydrogen-bond donors (Lipinski definition) is 2. The Labute approximate surface area is 139 Å². The first-order valence-corrected chi connectivity index (χ1v) is 7.29. The Morgan fingerprint density at radius 2 is 1.50 bits per heavy atom. The molecule has 0 aromatic heterocycles. The topological polar surface area (TPSA) is 84.5 Å². The second-order valence-corrected chi connectivity index (χ2v) is 5.26. The number of carbonyl (C=O) groups is 3. The van der Waals surface area contributed by atoms with Crippen LogP contribution in [0, 0.1) is 13.8 Å². The minimum absolute atomic E-state index is 0.174. The second-order valence-electron chi connectivity index (χ2n) is 5.26. The second kappa shape index (κ2) is 7.41. The zero-order chi connectivity index (χ0) is 17.7. The molecule has 0 aliphatic heterocycles. The van der Waals surface area contributed by atoms with E-state index in [1.165, 1.54) is 19.2 Å². The van der Waals surface area contributed by atoms with E-state index >= 15 is 0 Å². The number of anilines is 2. The van der Waals surface area contributed by atoms with E-state index in [4.69, 9.17) is 0 Å². The van der Waals surface area contributed by atoms with Gasteiger partial charge < -0.3 is 15.4 Å². The van der Waals surface area contributed by atoms with E-state index < -0.39 is 17.8 Å². The number of hydrogen-bond acceptors (Lipinski definition) is 4. The molecular formula is C18H18N2O4. The average molecular weight is 326 g/mol. The van der Waals surface area contributed by atoms with Gasteiger partial charge in [-0.15, -0.1) is 0 Å². The Balaban J connectivity index is 2.12. The molecule has 2 amide bonds. The number of ether oxygens (including phenoxy) is 1. The fourth-order valence-electron chi connectivity index (χ4n) is 2.19. The molecule has 2 aromatic rings. The maximum absolute atomic E-state index is 12.1. The van der Waals surface area contributed by atoms with Crippen LogP contribution >= 0.6 is 0 Å². The van der Waals surface area contributed by atoms with Crippen molar-refractivity contribution in [2.24, 2.45) is 0 Å². The summed E-state index contributed by atoms with van der Waals surface area (Å²) in [6.07, 6.45) is 0. The van der Waals surface area contributed by atoms with Gasteiger partial charge in [-0.05, 0) is 37.6 Å². The zero-order valence-corrected chi connectivity index (χ0v) is 13.7. The molecule has 0 saturated heterocycles. The van der Waals surface area contributed by atoms with Gasteiger partial charge in [0.05, 0.1) is 18.4 Å². The van der Waals surface area contributed by atoms with Crippen molar-refractivity contribution in [1.82, 2.24) is 0 Å². The first kappa shape index (κ1) is 17.2. The van der Waals surface area contributed by atoms with Gasteiger partial charge >= 0.3 is 17.8 Å². The molecule has 0 saturated carbocycles. The molecule has 0 heterocycles. The number of amides is 2. The Hall–Kier alpha value is -3.15. The zero-order valence-electron chi connectivity index (χ0n) is 13.7. The molecule has 2 rings (SSSR count). The summed E-state index contributed by atoms with van der Waals surface area (Å²) in [5, 5.41) is 4.98. The fraction of sp³-hybridized carbons (Fsp3) is 0.167. The van der Waals surface area contributed by atoms with E-state index in [1.54, 1.807) is 18.2 Å². The van der Waals surface area contributed by atoms with E-state index in [2.05, 4.69) is 15.4 Å². The van der Waals surface area contributed by atoms with Gasteiger partial charge in [0.1, 0.15) is 0 Å². The van der Waals surface area contributed by atoms with Crippen LogP contribution in [0.1, 0.15) is 21.5 Å². The van der Waals surface area contributed by atoms with Gasteiger partial charge in [-0.3, -0.25) is 9.59 Å². The molecule has 6 heteroatoms. The van der Waals surface area contributed by atoms with Gasteiger partial charge in [0, 0.05) is 5.69 Å². The maximum Gasteiger partial charge on any atom is 0.339 e. The Morgan fingerprint density at radius 1 is 0.875 bits per heavy atom. The lowest BCUT2D eigenvalue weighted by Crippen LogP contribution is -2.30. The third kappa shape index (κ3) is 3.98. The summed E-state index contributed by atoms with van der Waals surface area (Å²) < 4.78 is 4.65. The number of aryl methyl sites for hydroxylation is 2.